The normalized spacial score (nSPS) is 26.7. The molecule has 0 radical (unpaired) electrons. The van der Waals surface area contributed by atoms with E-state index in [0.717, 1.165) is 0 Å². The van der Waals surface area contributed by atoms with E-state index in [1.807, 2.05) is 0 Å². The van der Waals surface area contributed by atoms with Crippen LogP contribution in [0.1, 0.15) is 10.4 Å². The Bertz CT molecular complexity index is 671. The Labute approximate surface area is 129 Å². The highest BCUT2D eigenvalue weighted by Gasteiger charge is 2.40. The van der Waals surface area contributed by atoms with Crippen molar-refractivity contribution in [3.63, 3.8) is 0 Å². The summed E-state index contributed by atoms with van der Waals surface area (Å²) >= 11 is 0. The number of nitrogens with zero attached hydrogens (tertiary/aromatic N) is 4. The number of aryl methyl sites for hydroxylation is 1. The first kappa shape index (κ1) is 15.4. The van der Waals surface area contributed by atoms with Crippen molar-refractivity contribution in [3.05, 3.63) is 18.0 Å². The lowest BCUT2D eigenvalue weighted by atomic mass is 10.1. The van der Waals surface area contributed by atoms with Crippen LogP contribution in [-0.2, 0) is 21.8 Å². The van der Waals surface area contributed by atoms with Crippen molar-refractivity contribution in [2.24, 2.45) is 13.0 Å². The van der Waals surface area contributed by atoms with Gasteiger partial charge in [0.2, 0.25) is 10.0 Å². The predicted octanol–water partition coefficient (Wildman–Crippen LogP) is -0.847. The summed E-state index contributed by atoms with van der Waals surface area (Å²) in [6.45, 7) is 2.15. The van der Waals surface area contributed by atoms with Crippen molar-refractivity contribution in [1.82, 2.24) is 19.0 Å². The number of amides is 1. The average Bonchev–Trinajstić information content (AvgIpc) is 2.98. The zero-order valence-electron chi connectivity index (χ0n) is 12.7. The van der Waals surface area contributed by atoms with Crippen molar-refractivity contribution in [1.29, 1.82) is 0 Å². The van der Waals surface area contributed by atoms with E-state index in [1.165, 1.54) is 10.6 Å². The van der Waals surface area contributed by atoms with E-state index in [0.29, 0.717) is 38.3 Å². The van der Waals surface area contributed by atoms with Crippen molar-refractivity contribution in [2.45, 2.75) is 6.10 Å². The third-order valence-electron chi connectivity index (χ3n) is 4.20. The Kier molecular flexibility index (Phi) is 3.96. The molecule has 122 valence electrons. The van der Waals surface area contributed by atoms with Crippen LogP contribution in [0.4, 0.5) is 0 Å². The smallest absolute Gasteiger partial charge is 0.257 e. The fraction of sp³-hybridized carbons (Fsp3) is 0.692. The third kappa shape index (κ3) is 3.01. The molecule has 3 rings (SSSR count). The van der Waals surface area contributed by atoms with Crippen molar-refractivity contribution in [3.8, 4) is 0 Å². The van der Waals surface area contributed by atoms with Crippen molar-refractivity contribution < 1.29 is 17.9 Å². The fourth-order valence-corrected chi connectivity index (χ4v) is 3.91. The fourth-order valence-electron chi connectivity index (χ4n) is 3.05. The number of hydrogen-bond donors (Lipinski definition) is 0. The molecule has 2 aliphatic heterocycles. The monoisotopic (exact) mass is 328 g/mol. The Morgan fingerprint density at radius 1 is 1.36 bits per heavy atom. The van der Waals surface area contributed by atoms with Gasteiger partial charge in [0.05, 0.1) is 30.7 Å². The van der Waals surface area contributed by atoms with E-state index in [2.05, 4.69) is 5.10 Å². The molecule has 0 aromatic carbocycles. The number of carbonyl (C=O) groups excluding carboxylic acids is 1. The van der Waals surface area contributed by atoms with Gasteiger partial charge in [-0.2, -0.15) is 9.40 Å². The van der Waals surface area contributed by atoms with Gasteiger partial charge in [0, 0.05) is 45.3 Å². The van der Waals surface area contributed by atoms with Gasteiger partial charge in [-0.15, -0.1) is 0 Å². The minimum Gasteiger partial charge on any atom is -0.375 e. The van der Waals surface area contributed by atoms with E-state index in [1.54, 1.807) is 29.0 Å². The summed E-state index contributed by atoms with van der Waals surface area (Å²) in [5.41, 5.74) is 0.541. The van der Waals surface area contributed by atoms with Crippen LogP contribution in [0.15, 0.2) is 12.4 Å². The van der Waals surface area contributed by atoms with Crippen LogP contribution >= 0.6 is 0 Å². The molecule has 1 amide bonds. The van der Waals surface area contributed by atoms with Gasteiger partial charge in [-0.25, -0.2) is 8.42 Å². The first-order valence-corrected chi connectivity index (χ1v) is 9.04. The summed E-state index contributed by atoms with van der Waals surface area (Å²) in [5, 5.41) is 4.01. The lowest BCUT2D eigenvalue weighted by Gasteiger charge is -2.21. The van der Waals surface area contributed by atoms with Gasteiger partial charge in [-0.1, -0.05) is 0 Å². The zero-order chi connectivity index (χ0) is 15.9. The minimum atomic E-state index is -3.24. The molecular weight excluding hydrogens is 308 g/mol. The Morgan fingerprint density at radius 2 is 2.14 bits per heavy atom. The van der Waals surface area contributed by atoms with E-state index in [-0.39, 0.29) is 17.9 Å². The highest BCUT2D eigenvalue weighted by atomic mass is 32.2. The van der Waals surface area contributed by atoms with Crippen molar-refractivity contribution >= 4 is 15.9 Å². The summed E-state index contributed by atoms with van der Waals surface area (Å²) < 4.78 is 32.3. The molecule has 0 bridgehead atoms. The second kappa shape index (κ2) is 5.64. The summed E-state index contributed by atoms with van der Waals surface area (Å²) in [5.74, 6) is -0.0754. The van der Waals surface area contributed by atoms with Gasteiger partial charge in [-0.3, -0.25) is 9.48 Å². The molecule has 22 heavy (non-hydrogen) atoms. The molecule has 2 fully saturated rings. The highest BCUT2D eigenvalue weighted by molar-refractivity contribution is 7.88. The molecule has 2 aliphatic rings. The van der Waals surface area contributed by atoms with E-state index >= 15 is 0 Å². The maximum Gasteiger partial charge on any atom is 0.257 e. The lowest BCUT2D eigenvalue weighted by Crippen LogP contribution is -2.37. The topological polar surface area (TPSA) is 84.7 Å². The largest absolute Gasteiger partial charge is 0.375 e. The van der Waals surface area contributed by atoms with Gasteiger partial charge in [0.1, 0.15) is 0 Å². The van der Waals surface area contributed by atoms with Gasteiger partial charge < -0.3 is 9.64 Å². The second-order valence-electron chi connectivity index (χ2n) is 5.90. The van der Waals surface area contributed by atoms with Gasteiger partial charge in [0.25, 0.3) is 5.91 Å². The van der Waals surface area contributed by atoms with E-state index in [9.17, 15) is 13.2 Å². The lowest BCUT2D eigenvalue weighted by molar-refractivity contribution is 0.0492. The van der Waals surface area contributed by atoms with Crippen LogP contribution in [0.2, 0.25) is 0 Å². The molecule has 0 aliphatic carbocycles. The first-order valence-electron chi connectivity index (χ1n) is 7.19. The van der Waals surface area contributed by atoms with Crippen LogP contribution in [-0.4, -0.2) is 78.5 Å². The number of carbonyl (C=O) groups is 1. The number of hydrogen-bond acceptors (Lipinski definition) is 5. The third-order valence-corrected chi connectivity index (χ3v) is 5.47. The van der Waals surface area contributed by atoms with E-state index in [4.69, 9.17) is 4.74 Å². The van der Waals surface area contributed by atoms with Crippen LogP contribution < -0.4 is 0 Å². The maximum absolute atomic E-state index is 12.5. The Hall–Kier alpha value is -1.45. The SMILES string of the molecule is Cn1cc(C(=O)N2C[C@@H]3CN(S(C)(=O)=O)CCO[C@@H]3C2)cn1. The van der Waals surface area contributed by atoms with E-state index < -0.39 is 10.0 Å². The highest BCUT2D eigenvalue weighted by Crippen LogP contribution is 2.25. The molecule has 2 atom stereocenters. The first-order chi connectivity index (χ1) is 10.3. The standard InChI is InChI=1S/C13H20N4O4S/c1-15-6-10(5-14-15)13(18)16-7-11-8-17(22(2,19)20)3-4-21-12(11)9-16/h5-6,11-12H,3-4,7-9H2,1-2H3/t11-,12-/m1/s1. The predicted molar refractivity (Wildman–Crippen MR) is 78.8 cm³/mol. The zero-order valence-corrected chi connectivity index (χ0v) is 13.5. The average molecular weight is 328 g/mol. The molecule has 9 heteroatoms. The van der Waals surface area contributed by atoms with Crippen LogP contribution in [0.25, 0.3) is 0 Å². The molecule has 0 unspecified atom stereocenters. The molecule has 2 saturated heterocycles. The van der Waals surface area contributed by atoms with Gasteiger partial charge >= 0.3 is 0 Å². The second-order valence-corrected chi connectivity index (χ2v) is 7.89. The number of aromatic nitrogens is 2. The molecule has 1 aromatic rings. The Morgan fingerprint density at radius 3 is 2.77 bits per heavy atom. The molecule has 0 saturated carbocycles. The van der Waals surface area contributed by atoms with Gasteiger partial charge in [-0.05, 0) is 0 Å². The molecule has 3 heterocycles. The van der Waals surface area contributed by atoms with Crippen LogP contribution in [0.5, 0.6) is 0 Å². The maximum atomic E-state index is 12.5. The molecule has 0 N–H and O–H groups in total. The van der Waals surface area contributed by atoms with Gasteiger partial charge in [0.15, 0.2) is 0 Å². The number of fused-ring (bicyclic) bond motifs is 1. The molecule has 0 spiro atoms. The van der Waals surface area contributed by atoms with Crippen LogP contribution in [0, 0.1) is 5.92 Å². The molecule has 8 nitrogen and oxygen atoms in total. The number of ether oxygens (including phenoxy) is 1. The minimum absolute atomic E-state index is 0.0119. The van der Waals surface area contributed by atoms with Crippen LogP contribution in [0.3, 0.4) is 0 Å². The number of sulfonamides is 1. The Balaban J connectivity index is 1.72. The number of likely N-dealkylation sites (tertiary alicyclic amines) is 1. The quantitative estimate of drug-likeness (QED) is 0.706. The summed E-state index contributed by atoms with van der Waals surface area (Å²) in [7, 11) is -1.48. The van der Waals surface area contributed by atoms with Crippen molar-refractivity contribution in [2.75, 3.05) is 39.0 Å². The summed E-state index contributed by atoms with van der Waals surface area (Å²) in [6, 6.07) is 0. The molecule has 1 aromatic heterocycles. The number of rotatable bonds is 2. The summed E-state index contributed by atoms with van der Waals surface area (Å²) in [4.78, 5) is 14.2. The molecular formula is C13H20N4O4S. The summed E-state index contributed by atoms with van der Waals surface area (Å²) in [6.07, 6.45) is 4.33.